The first-order valence-electron chi connectivity index (χ1n) is 6.37. The van der Waals surface area contributed by atoms with E-state index in [-0.39, 0.29) is 0 Å². The molecule has 1 aromatic rings. The largest absolute Gasteiger partial charge is 0.298 e. The molecule has 2 nitrogen and oxygen atoms in total. The van der Waals surface area contributed by atoms with Crippen LogP contribution in [0.1, 0.15) is 12.5 Å². The van der Waals surface area contributed by atoms with Crippen molar-refractivity contribution in [3.63, 3.8) is 0 Å². The third kappa shape index (κ3) is 4.10. The zero-order valence-electron chi connectivity index (χ0n) is 10.5. The predicted molar refractivity (Wildman–Crippen MR) is 68.7 cm³/mol. The fraction of sp³-hybridized carbons (Fsp3) is 0.571. The third-order valence-corrected chi connectivity index (χ3v) is 3.22. The van der Waals surface area contributed by atoms with Crippen LogP contribution in [0.2, 0.25) is 0 Å². The summed E-state index contributed by atoms with van der Waals surface area (Å²) in [6.07, 6.45) is -0.712. The van der Waals surface area contributed by atoms with Crippen LogP contribution in [0.25, 0.3) is 0 Å². The Labute approximate surface area is 103 Å². The Hall–Kier alpha value is -0.930. The zero-order chi connectivity index (χ0) is 12.1. The molecule has 1 aliphatic heterocycles. The van der Waals surface area contributed by atoms with Crippen LogP contribution in [0.4, 0.5) is 4.39 Å². The van der Waals surface area contributed by atoms with Crippen LogP contribution in [0, 0.1) is 0 Å². The first-order valence-corrected chi connectivity index (χ1v) is 6.37. The van der Waals surface area contributed by atoms with Gasteiger partial charge in [0.1, 0.15) is 6.17 Å². The van der Waals surface area contributed by atoms with Crippen LogP contribution < -0.4 is 0 Å². The van der Waals surface area contributed by atoms with Crippen molar-refractivity contribution in [2.75, 3.05) is 32.7 Å². The Kier molecular flexibility index (Phi) is 4.51. The third-order valence-electron chi connectivity index (χ3n) is 3.22. The number of piperazine rings is 1. The van der Waals surface area contributed by atoms with Crippen molar-refractivity contribution >= 4 is 0 Å². The van der Waals surface area contributed by atoms with Gasteiger partial charge in [0.05, 0.1) is 0 Å². The predicted octanol–water partition coefficient (Wildman–Crippen LogP) is 2.16. The number of rotatable bonds is 4. The molecule has 1 unspecified atom stereocenters. The number of halogens is 1. The molecule has 17 heavy (non-hydrogen) atoms. The van der Waals surface area contributed by atoms with Crippen molar-refractivity contribution in [1.29, 1.82) is 0 Å². The van der Waals surface area contributed by atoms with E-state index in [4.69, 9.17) is 0 Å². The van der Waals surface area contributed by atoms with Gasteiger partial charge in [0, 0.05) is 39.3 Å². The number of nitrogens with zero attached hydrogens (tertiary/aromatic N) is 2. The Bertz CT molecular complexity index is 318. The highest BCUT2D eigenvalue weighted by atomic mass is 19.1. The maximum atomic E-state index is 12.9. The van der Waals surface area contributed by atoms with Crippen LogP contribution in [0.5, 0.6) is 0 Å². The first kappa shape index (κ1) is 12.5. The van der Waals surface area contributed by atoms with E-state index in [2.05, 4.69) is 34.1 Å². The Morgan fingerprint density at radius 2 is 1.65 bits per heavy atom. The standard InChI is InChI=1S/C14H21FN2/c1-13(15)11-16-7-9-17(10-8-16)12-14-5-3-2-4-6-14/h2-6,13H,7-12H2,1H3. The second-order valence-corrected chi connectivity index (χ2v) is 4.84. The average molecular weight is 236 g/mol. The number of hydrogen-bond acceptors (Lipinski definition) is 2. The monoisotopic (exact) mass is 236 g/mol. The van der Waals surface area contributed by atoms with Gasteiger partial charge in [-0.25, -0.2) is 4.39 Å². The molecule has 0 aliphatic carbocycles. The maximum Gasteiger partial charge on any atom is 0.110 e. The van der Waals surface area contributed by atoms with Crippen molar-refractivity contribution in [1.82, 2.24) is 9.80 Å². The van der Waals surface area contributed by atoms with Crippen LogP contribution >= 0.6 is 0 Å². The van der Waals surface area contributed by atoms with E-state index in [1.54, 1.807) is 6.92 Å². The van der Waals surface area contributed by atoms with E-state index < -0.39 is 6.17 Å². The molecule has 1 saturated heterocycles. The van der Waals surface area contributed by atoms with Crippen molar-refractivity contribution in [2.45, 2.75) is 19.6 Å². The molecule has 3 heteroatoms. The molecule has 0 aromatic heterocycles. The lowest BCUT2D eigenvalue weighted by atomic mass is 10.2. The van der Waals surface area contributed by atoms with Gasteiger partial charge < -0.3 is 0 Å². The smallest absolute Gasteiger partial charge is 0.110 e. The molecule has 0 bridgehead atoms. The quantitative estimate of drug-likeness (QED) is 0.790. The van der Waals surface area contributed by atoms with Crippen LogP contribution in [0.3, 0.4) is 0 Å². The summed E-state index contributed by atoms with van der Waals surface area (Å²) in [5, 5.41) is 0. The average Bonchev–Trinajstić information content (AvgIpc) is 2.32. The second-order valence-electron chi connectivity index (χ2n) is 4.84. The summed E-state index contributed by atoms with van der Waals surface area (Å²) in [5.74, 6) is 0. The highest BCUT2D eigenvalue weighted by Gasteiger charge is 2.18. The van der Waals surface area contributed by atoms with Crippen LogP contribution in [-0.2, 0) is 6.54 Å². The highest BCUT2D eigenvalue weighted by Crippen LogP contribution is 2.09. The van der Waals surface area contributed by atoms with Gasteiger partial charge in [-0.05, 0) is 12.5 Å². The summed E-state index contributed by atoms with van der Waals surface area (Å²) in [4.78, 5) is 4.65. The minimum atomic E-state index is -0.712. The molecular formula is C14H21FN2. The van der Waals surface area contributed by atoms with Gasteiger partial charge in [0.25, 0.3) is 0 Å². The Morgan fingerprint density at radius 3 is 2.24 bits per heavy atom. The lowest BCUT2D eigenvalue weighted by Gasteiger charge is -2.34. The van der Waals surface area contributed by atoms with E-state index in [0.29, 0.717) is 6.54 Å². The number of alkyl halides is 1. The summed E-state index contributed by atoms with van der Waals surface area (Å²) >= 11 is 0. The molecule has 1 aliphatic rings. The first-order chi connectivity index (χ1) is 8.24. The summed E-state index contributed by atoms with van der Waals surface area (Å²) in [5.41, 5.74) is 1.36. The van der Waals surface area contributed by atoms with Gasteiger partial charge in [-0.3, -0.25) is 9.80 Å². The molecule has 0 radical (unpaired) electrons. The molecule has 1 heterocycles. The van der Waals surface area contributed by atoms with Crippen LogP contribution in [-0.4, -0.2) is 48.7 Å². The fourth-order valence-electron chi connectivity index (χ4n) is 2.33. The molecule has 1 fully saturated rings. The number of benzene rings is 1. The zero-order valence-corrected chi connectivity index (χ0v) is 10.5. The summed E-state index contributed by atoms with van der Waals surface area (Å²) in [6, 6.07) is 10.5. The molecule has 94 valence electrons. The number of hydrogen-bond donors (Lipinski definition) is 0. The van der Waals surface area contributed by atoms with Gasteiger partial charge in [0.2, 0.25) is 0 Å². The van der Waals surface area contributed by atoms with E-state index in [9.17, 15) is 4.39 Å². The minimum Gasteiger partial charge on any atom is -0.298 e. The molecule has 0 amide bonds. The second kappa shape index (κ2) is 6.12. The van der Waals surface area contributed by atoms with E-state index in [1.165, 1.54) is 5.56 Å². The van der Waals surface area contributed by atoms with Gasteiger partial charge in [-0.15, -0.1) is 0 Å². The van der Waals surface area contributed by atoms with Gasteiger partial charge >= 0.3 is 0 Å². The Balaban J connectivity index is 1.76. The fourth-order valence-corrected chi connectivity index (χ4v) is 2.33. The van der Waals surface area contributed by atoms with E-state index >= 15 is 0 Å². The molecule has 1 aromatic carbocycles. The highest BCUT2D eigenvalue weighted by molar-refractivity contribution is 5.14. The van der Waals surface area contributed by atoms with Crippen LogP contribution in [0.15, 0.2) is 30.3 Å². The molecular weight excluding hydrogens is 215 g/mol. The lowest BCUT2D eigenvalue weighted by molar-refractivity contribution is 0.106. The maximum absolute atomic E-state index is 12.9. The SMILES string of the molecule is CC(F)CN1CCN(Cc2ccccc2)CC1. The Morgan fingerprint density at radius 1 is 1.06 bits per heavy atom. The molecule has 0 saturated carbocycles. The van der Waals surface area contributed by atoms with Crippen molar-refractivity contribution in [3.05, 3.63) is 35.9 Å². The molecule has 2 rings (SSSR count). The minimum absolute atomic E-state index is 0.583. The summed E-state index contributed by atoms with van der Waals surface area (Å²) in [7, 11) is 0. The van der Waals surface area contributed by atoms with E-state index in [0.717, 1.165) is 32.7 Å². The van der Waals surface area contributed by atoms with Crippen molar-refractivity contribution in [2.24, 2.45) is 0 Å². The van der Waals surface area contributed by atoms with Gasteiger partial charge in [-0.1, -0.05) is 30.3 Å². The summed E-state index contributed by atoms with van der Waals surface area (Å²) < 4.78 is 12.9. The molecule has 0 spiro atoms. The van der Waals surface area contributed by atoms with Crippen molar-refractivity contribution < 1.29 is 4.39 Å². The lowest BCUT2D eigenvalue weighted by Crippen LogP contribution is -2.47. The van der Waals surface area contributed by atoms with Gasteiger partial charge in [0.15, 0.2) is 0 Å². The normalized spacial score (nSPS) is 20.4. The van der Waals surface area contributed by atoms with E-state index in [1.807, 2.05) is 6.07 Å². The molecule has 1 atom stereocenters. The summed E-state index contributed by atoms with van der Waals surface area (Å²) in [6.45, 7) is 7.29. The van der Waals surface area contributed by atoms with Crippen molar-refractivity contribution in [3.8, 4) is 0 Å². The topological polar surface area (TPSA) is 6.48 Å². The van der Waals surface area contributed by atoms with Gasteiger partial charge in [-0.2, -0.15) is 0 Å². The molecule has 0 N–H and O–H groups in total.